The van der Waals surface area contributed by atoms with Gasteiger partial charge in [-0.3, -0.25) is 0 Å². The molecule has 1 aliphatic heterocycles. The second-order valence-electron chi connectivity index (χ2n) is 5.29. The van der Waals surface area contributed by atoms with Crippen LogP contribution in [0.4, 0.5) is 0 Å². The van der Waals surface area contributed by atoms with E-state index in [1.165, 1.54) is 32.1 Å². The molecule has 0 radical (unpaired) electrons. The molecule has 2 nitrogen and oxygen atoms in total. The van der Waals surface area contributed by atoms with E-state index >= 15 is 0 Å². The molecule has 2 atom stereocenters. The number of unbranched alkanes of at least 4 members (excludes halogenated alkanes) is 1. The summed E-state index contributed by atoms with van der Waals surface area (Å²) in [4.78, 5) is 0. The molecule has 2 heteroatoms. The lowest BCUT2D eigenvalue weighted by Gasteiger charge is -2.31. The molecule has 0 saturated carbocycles. The summed E-state index contributed by atoms with van der Waals surface area (Å²) in [5.41, 5.74) is 0.169. The van der Waals surface area contributed by atoms with Crippen LogP contribution in [0.3, 0.4) is 0 Å². The molecular formula is C14H28O2. The van der Waals surface area contributed by atoms with Crippen LogP contribution in [0.1, 0.15) is 65.2 Å². The van der Waals surface area contributed by atoms with Crippen molar-refractivity contribution in [1.82, 2.24) is 0 Å². The van der Waals surface area contributed by atoms with E-state index in [-0.39, 0.29) is 5.41 Å². The summed E-state index contributed by atoms with van der Waals surface area (Å²) in [5, 5.41) is 9.64. The smallest absolute Gasteiger partial charge is 0.0576 e. The monoisotopic (exact) mass is 228 g/mol. The summed E-state index contributed by atoms with van der Waals surface area (Å²) in [5.74, 6) is 0. The van der Waals surface area contributed by atoms with Crippen LogP contribution in [-0.2, 0) is 4.74 Å². The van der Waals surface area contributed by atoms with Gasteiger partial charge in [-0.1, -0.05) is 26.7 Å². The van der Waals surface area contributed by atoms with Gasteiger partial charge in [0.05, 0.1) is 6.10 Å². The van der Waals surface area contributed by atoms with Crippen LogP contribution in [0.15, 0.2) is 0 Å². The molecule has 0 aromatic heterocycles. The first-order chi connectivity index (χ1) is 7.76. The molecule has 1 saturated heterocycles. The Balaban J connectivity index is 2.35. The van der Waals surface area contributed by atoms with E-state index in [1.807, 2.05) is 0 Å². The molecule has 0 spiro atoms. The quantitative estimate of drug-likeness (QED) is 0.688. The minimum Gasteiger partial charge on any atom is -0.396 e. The van der Waals surface area contributed by atoms with Gasteiger partial charge < -0.3 is 9.84 Å². The van der Waals surface area contributed by atoms with Crippen LogP contribution in [0.25, 0.3) is 0 Å². The van der Waals surface area contributed by atoms with Gasteiger partial charge in [0.1, 0.15) is 0 Å². The minimum atomic E-state index is 0.169. The molecule has 0 aromatic rings. The highest BCUT2D eigenvalue weighted by molar-refractivity contribution is 4.79. The van der Waals surface area contributed by atoms with Crippen molar-refractivity contribution in [2.75, 3.05) is 13.2 Å². The molecule has 1 N–H and O–H groups in total. The third-order valence-corrected chi connectivity index (χ3v) is 4.17. The fourth-order valence-corrected chi connectivity index (χ4v) is 2.64. The Kier molecular flexibility index (Phi) is 6.37. The first-order valence-electron chi connectivity index (χ1n) is 6.99. The van der Waals surface area contributed by atoms with Crippen LogP contribution in [-0.4, -0.2) is 24.4 Å². The first-order valence-corrected chi connectivity index (χ1v) is 6.99. The zero-order valence-electron chi connectivity index (χ0n) is 11.0. The highest BCUT2D eigenvalue weighted by atomic mass is 16.5. The van der Waals surface area contributed by atoms with Gasteiger partial charge in [0.15, 0.2) is 0 Å². The predicted molar refractivity (Wildman–Crippen MR) is 67.5 cm³/mol. The van der Waals surface area contributed by atoms with Crippen molar-refractivity contribution in [3.63, 3.8) is 0 Å². The van der Waals surface area contributed by atoms with Gasteiger partial charge in [-0.15, -0.1) is 0 Å². The van der Waals surface area contributed by atoms with Gasteiger partial charge in [0, 0.05) is 13.2 Å². The van der Waals surface area contributed by atoms with Crippen LogP contribution in [0, 0.1) is 5.41 Å². The molecule has 1 heterocycles. The summed E-state index contributed by atoms with van der Waals surface area (Å²) in [7, 11) is 0. The van der Waals surface area contributed by atoms with E-state index in [2.05, 4.69) is 13.8 Å². The lowest BCUT2D eigenvalue weighted by molar-refractivity contribution is 0.0562. The highest BCUT2D eigenvalue weighted by Gasteiger charge is 2.28. The maximum atomic E-state index is 9.64. The van der Waals surface area contributed by atoms with Crippen molar-refractivity contribution >= 4 is 0 Å². The molecule has 0 aliphatic carbocycles. The largest absolute Gasteiger partial charge is 0.396 e. The average Bonchev–Trinajstić information content (AvgIpc) is 2.83. The Morgan fingerprint density at radius 2 is 2.12 bits per heavy atom. The Bertz CT molecular complexity index is 170. The van der Waals surface area contributed by atoms with Crippen LogP contribution >= 0.6 is 0 Å². The Morgan fingerprint density at radius 1 is 1.31 bits per heavy atom. The molecule has 1 fully saturated rings. The second-order valence-corrected chi connectivity index (χ2v) is 5.29. The molecule has 1 aliphatic rings. The van der Waals surface area contributed by atoms with E-state index in [0.717, 1.165) is 25.9 Å². The first kappa shape index (κ1) is 14.0. The summed E-state index contributed by atoms with van der Waals surface area (Å²) < 4.78 is 5.66. The van der Waals surface area contributed by atoms with Gasteiger partial charge >= 0.3 is 0 Å². The van der Waals surface area contributed by atoms with Crippen molar-refractivity contribution in [2.24, 2.45) is 5.41 Å². The number of aliphatic hydroxyl groups is 1. The van der Waals surface area contributed by atoms with Crippen LogP contribution in [0.5, 0.6) is 0 Å². The van der Waals surface area contributed by atoms with Gasteiger partial charge in [-0.25, -0.2) is 0 Å². The molecule has 0 aromatic carbocycles. The predicted octanol–water partition coefficient (Wildman–Crippen LogP) is 3.52. The maximum Gasteiger partial charge on any atom is 0.0576 e. The fraction of sp³-hybridized carbons (Fsp3) is 1.00. The third-order valence-electron chi connectivity index (χ3n) is 4.17. The Labute approximate surface area is 100 Å². The van der Waals surface area contributed by atoms with E-state index < -0.39 is 0 Å². The summed E-state index contributed by atoms with van der Waals surface area (Å²) in [6.07, 6.45) is 9.90. The molecule has 1 rings (SSSR count). The molecule has 2 unspecified atom stereocenters. The minimum absolute atomic E-state index is 0.169. The van der Waals surface area contributed by atoms with E-state index in [4.69, 9.17) is 4.74 Å². The summed E-state index contributed by atoms with van der Waals surface area (Å²) in [6.45, 7) is 5.72. The van der Waals surface area contributed by atoms with Crippen molar-refractivity contribution < 1.29 is 9.84 Å². The van der Waals surface area contributed by atoms with E-state index in [1.54, 1.807) is 0 Å². The molecule has 96 valence electrons. The van der Waals surface area contributed by atoms with Gasteiger partial charge in [0.25, 0.3) is 0 Å². The maximum absolute atomic E-state index is 9.64. The van der Waals surface area contributed by atoms with Crippen LogP contribution in [0.2, 0.25) is 0 Å². The second kappa shape index (κ2) is 7.29. The van der Waals surface area contributed by atoms with E-state index in [0.29, 0.717) is 12.7 Å². The third kappa shape index (κ3) is 4.06. The Morgan fingerprint density at radius 3 is 2.62 bits per heavy atom. The Hall–Kier alpha value is -0.0800. The fourth-order valence-electron chi connectivity index (χ4n) is 2.64. The SMILES string of the molecule is CCCCC(CC)(CO)CCC1CCCO1. The standard InChI is InChI=1S/C14H28O2/c1-3-5-9-14(4-2,12-15)10-8-13-7-6-11-16-13/h13,15H,3-12H2,1-2H3. The summed E-state index contributed by atoms with van der Waals surface area (Å²) >= 11 is 0. The topological polar surface area (TPSA) is 29.5 Å². The molecular weight excluding hydrogens is 200 g/mol. The lowest BCUT2D eigenvalue weighted by atomic mass is 9.76. The van der Waals surface area contributed by atoms with Crippen molar-refractivity contribution in [1.29, 1.82) is 0 Å². The normalized spacial score (nSPS) is 24.6. The number of ether oxygens (including phenoxy) is 1. The van der Waals surface area contributed by atoms with Gasteiger partial charge in [-0.05, 0) is 43.9 Å². The van der Waals surface area contributed by atoms with Crippen molar-refractivity contribution in [3.05, 3.63) is 0 Å². The number of aliphatic hydroxyl groups excluding tert-OH is 1. The highest BCUT2D eigenvalue weighted by Crippen LogP contribution is 2.35. The summed E-state index contributed by atoms with van der Waals surface area (Å²) in [6, 6.07) is 0. The van der Waals surface area contributed by atoms with Gasteiger partial charge in [-0.2, -0.15) is 0 Å². The number of hydrogen-bond donors (Lipinski definition) is 1. The average molecular weight is 228 g/mol. The molecule has 0 amide bonds. The van der Waals surface area contributed by atoms with Gasteiger partial charge in [0.2, 0.25) is 0 Å². The molecule has 0 bridgehead atoms. The van der Waals surface area contributed by atoms with Crippen molar-refractivity contribution in [2.45, 2.75) is 71.3 Å². The number of hydrogen-bond acceptors (Lipinski definition) is 2. The van der Waals surface area contributed by atoms with Crippen LogP contribution < -0.4 is 0 Å². The number of rotatable bonds is 8. The van der Waals surface area contributed by atoms with Crippen molar-refractivity contribution in [3.8, 4) is 0 Å². The zero-order valence-corrected chi connectivity index (χ0v) is 11.0. The van der Waals surface area contributed by atoms with E-state index in [9.17, 15) is 5.11 Å². The molecule has 16 heavy (non-hydrogen) atoms. The lowest BCUT2D eigenvalue weighted by Crippen LogP contribution is -2.26. The zero-order chi connectivity index (χ0) is 11.9.